The molecule has 0 bridgehead atoms. The molecule has 1 aromatic carbocycles. The van der Waals surface area contributed by atoms with Crippen molar-refractivity contribution in [2.75, 3.05) is 0 Å². The highest BCUT2D eigenvalue weighted by atomic mass is 16.5. The van der Waals surface area contributed by atoms with Gasteiger partial charge in [-0.2, -0.15) is 5.48 Å². The second-order valence-electron chi connectivity index (χ2n) is 2.34. The van der Waals surface area contributed by atoms with Crippen LogP contribution in [0.2, 0.25) is 0 Å². The molecular formula is C9H13NO3. The van der Waals surface area contributed by atoms with Crippen molar-refractivity contribution in [1.29, 1.82) is 0 Å². The molecule has 0 aliphatic carbocycles. The molecule has 0 aromatic heterocycles. The fourth-order valence-corrected chi connectivity index (χ4v) is 0.440. The van der Waals surface area contributed by atoms with Gasteiger partial charge in [0, 0.05) is 0 Å². The van der Waals surface area contributed by atoms with Crippen molar-refractivity contribution in [3.8, 4) is 0 Å². The van der Waals surface area contributed by atoms with Gasteiger partial charge in [-0.05, 0) is 6.92 Å². The van der Waals surface area contributed by atoms with Crippen LogP contribution in [0.25, 0.3) is 0 Å². The molecule has 1 atom stereocenters. The number of hydroxylamine groups is 1. The van der Waals surface area contributed by atoms with E-state index in [2.05, 4.69) is 0 Å². The molecule has 0 aliphatic rings. The maximum Gasteiger partial charge on any atom is 0.322 e. The smallest absolute Gasteiger partial charge is 0.322 e. The average molecular weight is 183 g/mol. The quantitative estimate of drug-likeness (QED) is 0.601. The molecule has 13 heavy (non-hydrogen) atoms. The molecule has 0 saturated carbocycles. The van der Waals surface area contributed by atoms with E-state index in [0.29, 0.717) is 0 Å². The fourth-order valence-electron chi connectivity index (χ4n) is 0.440. The zero-order valence-corrected chi connectivity index (χ0v) is 7.34. The Morgan fingerprint density at radius 1 is 1.15 bits per heavy atom. The summed E-state index contributed by atoms with van der Waals surface area (Å²) in [6.07, 6.45) is 0. The third-order valence-corrected chi connectivity index (χ3v) is 1.23. The van der Waals surface area contributed by atoms with E-state index in [9.17, 15) is 4.79 Å². The molecule has 1 unspecified atom stereocenters. The van der Waals surface area contributed by atoms with Crippen LogP contribution in [-0.4, -0.2) is 22.3 Å². The van der Waals surface area contributed by atoms with Crippen LogP contribution in [0.3, 0.4) is 0 Å². The molecule has 1 rings (SSSR count). The Labute approximate surface area is 76.8 Å². The van der Waals surface area contributed by atoms with Crippen LogP contribution in [0.5, 0.6) is 0 Å². The van der Waals surface area contributed by atoms with Gasteiger partial charge in [-0.25, -0.2) is 0 Å². The van der Waals surface area contributed by atoms with Gasteiger partial charge in [-0.1, -0.05) is 36.4 Å². The van der Waals surface area contributed by atoms with Crippen LogP contribution in [0.4, 0.5) is 0 Å². The number of rotatable bonds is 2. The van der Waals surface area contributed by atoms with Crippen molar-refractivity contribution >= 4 is 5.97 Å². The molecule has 0 heterocycles. The molecule has 0 radical (unpaired) electrons. The van der Waals surface area contributed by atoms with Crippen LogP contribution < -0.4 is 5.48 Å². The van der Waals surface area contributed by atoms with Crippen molar-refractivity contribution in [3.05, 3.63) is 36.4 Å². The summed E-state index contributed by atoms with van der Waals surface area (Å²) < 4.78 is 0. The number of aliphatic carboxylic acids is 1. The number of carboxylic acids is 1. The number of carboxylic acid groups (broad SMARTS) is 1. The van der Waals surface area contributed by atoms with Crippen LogP contribution in [-0.2, 0) is 4.79 Å². The predicted molar refractivity (Wildman–Crippen MR) is 48.5 cm³/mol. The van der Waals surface area contributed by atoms with E-state index in [4.69, 9.17) is 10.3 Å². The van der Waals surface area contributed by atoms with Crippen molar-refractivity contribution in [2.24, 2.45) is 0 Å². The number of benzene rings is 1. The molecule has 0 fully saturated rings. The number of hydrogen-bond acceptors (Lipinski definition) is 3. The molecule has 4 nitrogen and oxygen atoms in total. The largest absolute Gasteiger partial charge is 0.480 e. The minimum absolute atomic E-state index is 0.875. The Morgan fingerprint density at radius 2 is 1.46 bits per heavy atom. The monoisotopic (exact) mass is 183 g/mol. The summed E-state index contributed by atoms with van der Waals surface area (Å²) in [5.74, 6) is -1.07. The molecule has 0 aliphatic heterocycles. The lowest BCUT2D eigenvalue weighted by Gasteiger charge is -1.98. The first kappa shape index (κ1) is 11.6. The Balaban J connectivity index is 0.000000223. The lowest BCUT2D eigenvalue weighted by atomic mass is 10.4. The summed E-state index contributed by atoms with van der Waals surface area (Å²) in [6, 6.07) is 11.1. The standard InChI is InChI=1S/C6H6.C3H7NO3/c1-2-4-6-5-3-1;1-2(4-7)3(5)6/h1-6H;2,4,7H,1H3,(H,5,6). The number of carbonyl (C=O) groups is 1. The highest BCUT2D eigenvalue weighted by Gasteiger charge is 2.05. The Hall–Kier alpha value is -1.39. The summed E-state index contributed by atoms with van der Waals surface area (Å²) in [6.45, 7) is 1.34. The van der Waals surface area contributed by atoms with E-state index in [1.54, 1.807) is 5.48 Å². The van der Waals surface area contributed by atoms with E-state index in [0.717, 1.165) is 0 Å². The van der Waals surface area contributed by atoms with Crippen molar-refractivity contribution in [1.82, 2.24) is 5.48 Å². The first-order chi connectivity index (χ1) is 6.18. The third-order valence-electron chi connectivity index (χ3n) is 1.23. The minimum Gasteiger partial charge on any atom is -0.480 e. The molecule has 0 spiro atoms. The SMILES string of the molecule is CC(NO)C(=O)O.c1ccccc1. The second kappa shape index (κ2) is 7.27. The predicted octanol–water partition coefficient (Wildman–Crippen LogP) is 1.12. The maximum atomic E-state index is 9.71. The van der Waals surface area contributed by atoms with Crippen LogP contribution in [0.1, 0.15) is 6.92 Å². The van der Waals surface area contributed by atoms with Gasteiger partial charge >= 0.3 is 5.97 Å². The summed E-state index contributed by atoms with van der Waals surface area (Å²) in [5, 5.41) is 15.8. The maximum absolute atomic E-state index is 9.71. The van der Waals surface area contributed by atoms with Crippen molar-refractivity contribution in [3.63, 3.8) is 0 Å². The molecule has 4 heteroatoms. The fraction of sp³-hybridized carbons (Fsp3) is 0.222. The minimum atomic E-state index is -1.07. The molecule has 0 saturated heterocycles. The van der Waals surface area contributed by atoms with Crippen LogP contribution in [0, 0.1) is 0 Å². The van der Waals surface area contributed by atoms with Gasteiger partial charge in [-0.15, -0.1) is 0 Å². The molecule has 3 N–H and O–H groups in total. The van der Waals surface area contributed by atoms with E-state index in [1.807, 2.05) is 36.4 Å². The lowest BCUT2D eigenvalue weighted by molar-refractivity contribution is -0.141. The Bertz CT molecular complexity index is 199. The van der Waals surface area contributed by atoms with E-state index in [1.165, 1.54) is 6.92 Å². The third kappa shape index (κ3) is 6.99. The zero-order chi connectivity index (χ0) is 10.1. The first-order valence-electron chi connectivity index (χ1n) is 3.81. The second-order valence-corrected chi connectivity index (χ2v) is 2.34. The van der Waals surface area contributed by atoms with Gasteiger partial charge in [0.2, 0.25) is 0 Å². The van der Waals surface area contributed by atoms with Crippen LogP contribution >= 0.6 is 0 Å². The summed E-state index contributed by atoms with van der Waals surface area (Å²) in [7, 11) is 0. The summed E-state index contributed by atoms with van der Waals surface area (Å²) >= 11 is 0. The van der Waals surface area contributed by atoms with Crippen molar-refractivity contribution in [2.45, 2.75) is 13.0 Å². The molecular weight excluding hydrogens is 170 g/mol. The van der Waals surface area contributed by atoms with E-state index < -0.39 is 12.0 Å². The Morgan fingerprint density at radius 3 is 1.54 bits per heavy atom. The molecule has 1 aromatic rings. The molecule has 72 valence electrons. The Kier molecular flexibility index (Phi) is 6.49. The van der Waals surface area contributed by atoms with E-state index >= 15 is 0 Å². The highest BCUT2D eigenvalue weighted by molar-refractivity contribution is 5.72. The van der Waals surface area contributed by atoms with E-state index in [-0.39, 0.29) is 0 Å². The van der Waals surface area contributed by atoms with Gasteiger partial charge in [0.25, 0.3) is 0 Å². The average Bonchev–Trinajstić information content (AvgIpc) is 2.20. The zero-order valence-electron chi connectivity index (χ0n) is 7.34. The molecule has 0 amide bonds. The van der Waals surface area contributed by atoms with Gasteiger partial charge < -0.3 is 10.3 Å². The normalized spacial score (nSPS) is 10.9. The summed E-state index contributed by atoms with van der Waals surface area (Å²) in [4.78, 5) is 9.71. The van der Waals surface area contributed by atoms with Crippen LogP contribution in [0.15, 0.2) is 36.4 Å². The van der Waals surface area contributed by atoms with Gasteiger partial charge in [0.15, 0.2) is 0 Å². The van der Waals surface area contributed by atoms with Crippen molar-refractivity contribution < 1.29 is 15.1 Å². The topological polar surface area (TPSA) is 69.6 Å². The van der Waals surface area contributed by atoms with Gasteiger partial charge in [0.05, 0.1) is 0 Å². The number of nitrogens with one attached hydrogen (secondary N) is 1. The summed E-state index contributed by atoms with van der Waals surface area (Å²) in [5.41, 5.74) is 1.56. The van der Waals surface area contributed by atoms with Gasteiger partial charge in [0.1, 0.15) is 6.04 Å². The lowest BCUT2D eigenvalue weighted by Crippen LogP contribution is -2.30. The van der Waals surface area contributed by atoms with Gasteiger partial charge in [-0.3, -0.25) is 4.79 Å². The highest BCUT2D eigenvalue weighted by Crippen LogP contribution is 1.79. The number of hydrogen-bond donors (Lipinski definition) is 3. The first-order valence-corrected chi connectivity index (χ1v) is 3.81.